The van der Waals surface area contributed by atoms with Gasteiger partial charge in [-0.2, -0.15) is 14.0 Å². The Kier molecular flexibility index (Phi) is 2.83. The largest absolute Gasteiger partial charge is 0.384 e. The molecule has 0 saturated carbocycles. The summed E-state index contributed by atoms with van der Waals surface area (Å²) in [5.74, 6) is -0.496. The van der Waals surface area contributed by atoms with E-state index in [1.54, 1.807) is 0 Å². The SMILES string of the molecule is N#CC(F)(F)Sc1ccc(F)cc1. The van der Waals surface area contributed by atoms with Crippen LogP contribution in [-0.2, 0) is 0 Å². The number of rotatable bonds is 2. The molecule has 0 fully saturated rings. The molecule has 0 amide bonds. The Morgan fingerprint density at radius 3 is 2.23 bits per heavy atom. The molecule has 68 valence electrons. The van der Waals surface area contributed by atoms with Crippen molar-refractivity contribution in [1.82, 2.24) is 0 Å². The average molecular weight is 203 g/mol. The molecule has 1 rings (SSSR count). The fourth-order valence-electron chi connectivity index (χ4n) is 0.673. The lowest BCUT2D eigenvalue weighted by Gasteiger charge is -2.05. The maximum absolute atomic E-state index is 12.4. The Labute approximate surface area is 77.2 Å². The van der Waals surface area contributed by atoms with Crippen molar-refractivity contribution in [3.05, 3.63) is 30.1 Å². The molecule has 0 aromatic heterocycles. The molecule has 0 bridgehead atoms. The van der Waals surface area contributed by atoms with Crippen molar-refractivity contribution >= 4 is 11.8 Å². The molecule has 0 aliphatic carbocycles. The van der Waals surface area contributed by atoms with E-state index < -0.39 is 11.1 Å². The molecule has 0 N–H and O–H groups in total. The van der Waals surface area contributed by atoms with Gasteiger partial charge in [-0.1, -0.05) is 0 Å². The van der Waals surface area contributed by atoms with E-state index in [1.165, 1.54) is 12.1 Å². The quantitative estimate of drug-likeness (QED) is 0.690. The lowest BCUT2D eigenvalue weighted by atomic mass is 10.4. The molecule has 5 heteroatoms. The van der Waals surface area contributed by atoms with Gasteiger partial charge in [0.05, 0.1) is 0 Å². The van der Waals surface area contributed by atoms with E-state index in [-0.39, 0.29) is 16.7 Å². The summed E-state index contributed by atoms with van der Waals surface area (Å²) in [6.45, 7) is 0. The highest BCUT2D eigenvalue weighted by atomic mass is 32.2. The van der Waals surface area contributed by atoms with Gasteiger partial charge < -0.3 is 0 Å². The second-order valence-corrected chi connectivity index (χ2v) is 3.37. The molecule has 0 aliphatic rings. The van der Waals surface area contributed by atoms with Crippen LogP contribution in [0.25, 0.3) is 0 Å². The molecule has 13 heavy (non-hydrogen) atoms. The first-order valence-electron chi connectivity index (χ1n) is 3.27. The fourth-order valence-corrected chi connectivity index (χ4v) is 1.29. The molecule has 0 unspecified atom stereocenters. The highest BCUT2D eigenvalue weighted by molar-refractivity contribution is 8.00. The minimum atomic E-state index is -3.46. The van der Waals surface area contributed by atoms with Crippen LogP contribution in [-0.4, -0.2) is 5.25 Å². The first-order chi connectivity index (χ1) is 6.03. The van der Waals surface area contributed by atoms with Gasteiger partial charge in [0.25, 0.3) is 0 Å². The number of thioether (sulfide) groups is 1. The molecule has 1 aromatic rings. The van der Waals surface area contributed by atoms with Gasteiger partial charge in [-0.05, 0) is 36.0 Å². The van der Waals surface area contributed by atoms with Crippen molar-refractivity contribution < 1.29 is 13.2 Å². The van der Waals surface area contributed by atoms with Crippen LogP contribution in [0.5, 0.6) is 0 Å². The fraction of sp³-hybridized carbons (Fsp3) is 0.125. The Bertz CT molecular complexity index is 328. The highest BCUT2D eigenvalue weighted by Crippen LogP contribution is 2.34. The first-order valence-corrected chi connectivity index (χ1v) is 4.09. The molecule has 1 nitrogen and oxygen atoms in total. The molecule has 0 aliphatic heterocycles. The van der Waals surface area contributed by atoms with Crippen molar-refractivity contribution in [2.24, 2.45) is 0 Å². The van der Waals surface area contributed by atoms with Crippen LogP contribution in [0, 0.1) is 17.1 Å². The van der Waals surface area contributed by atoms with E-state index >= 15 is 0 Å². The summed E-state index contributed by atoms with van der Waals surface area (Å²) in [5.41, 5.74) is 0. The Morgan fingerprint density at radius 1 is 1.23 bits per heavy atom. The van der Waals surface area contributed by atoms with Crippen LogP contribution in [0.2, 0.25) is 0 Å². The van der Waals surface area contributed by atoms with Crippen LogP contribution in [0.15, 0.2) is 29.2 Å². The summed E-state index contributed by atoms with van der Waals surface area (Å²) in [5, 5.41) is 4.55. The van der Waals surface area contributed by atoms with Gasteiger partial charge >= 0.3 is 5.25 Å². The van der Waals surface area contributed by atoms with Crippen molar-refractivity contribution in [1.29, 1.82) is 5.26 Å². The zero-order valence-electron chi connectivity index (χ0n) is 6.30. The zero-order chi connectivity index (χ0) is 9.90. The van der Waals surface area contributed by atoms with Gasteiger partial charge in [0.1, 0.15) is 5.82 Å². The smallest absolute Gasteiger partial charge is 0.207 e. The Hall–Kier alpha value is -1.15. The number of hydrogen-bond acceptors (Lipinski definition) is 2. The predicted octanol–water partition coefficient (Wildman–Crippen LogP) is 3.03. The molecule has 0 spiro atoms. The lowest BCUT2D eigenvalue weighted by Crippen LogP contribution is -2.04. The highest BCUT2D eigenvalue weighted by Gasteiger charge is 2.29. The number of halogens is 3. The predicted molar refractivity (Wildman–Crippen MR) is 42.8 cm³/mol. The monoisotopic (exact) mass is 203 g/mol. The minimum Gasteiger partial charge on any atom is -0.207 e. The number of alkyl halides is 2. The molecule has 0 saturated heterocycles. The zero-order valence-corrected chi connectivity index (χ0v) is 7.12. The second-order valence-electron chi connectivity index (χ2n) is 2.18. The average Bonchev–Trinajstić information content (AvgIpc) is 2.09. The van der Waals surface area contributed by atoms with Crippen molar-refractivity contribution in [3.8, 4) is 6.07 Å². The number of nitrogens with zero attached hydrogens (tertiary/aromatic N) is 1. The third-order valence-electron chi connectivity index (χ3n) is 1.19. The Balaban J connectivity index is 2.77. The topological polar surface area (TPSA) is 23.8 Å². The first kappa shape index (κ1) is 9.93. The van der Waals surface area contributed by atoms with E-state index in [1.807, 2.05) is 0 Å². The normalized spacial score (nSPS) is 10.9. The summed E-state index contributed by atoms with van der Waals surface area (Å²) >= 11 is 0.0935. The van der Waals surface area contributed by atoms with Crippen molar-refractivity contribution in [2.45, 2.75) is 10.2 Å². The van der Waals surface area contributed by atoms with Gasteiger partial charge in [-0.3, -0.25) is 0 Å². The molecular formula is C8H4F3NS. The van der Waals surface area contributed by atoms with Gasteiger partial charge in [-0.15, -0.1) is 0 Å². The summed E-state index contributed by atoms with van der Waals surface area (Å²) in [4.78, 5) is 0.160. The summed E-state index contributed by atoms with van der Waals surface area (Å²) in [6.07, 6.45) is 0. The summed E-state index contributed by atoms with van der Waals surface area (Å²) in [6, 6.07) is 5.37. The lowest BCUT2D eigenvalue weighted by molar-refractivity contribution is 0.171. The third-order valence-corrected chi connectivity index (χ3v) is 2.05. The maximum atomic E-state index is 12.4. The number of nitriles is 1. The van der Waals surface area contributed by atoms with Gasteiger partial charge in [0.2, 0.25) is 0 Å². The summed E-state index contributed by atoms with van der Waals surface area (Å²) in [7, 11) is 0. The number of benzene rings is 1. The number of hydrogen-bond donors (Lipinski definition) is 0. The van der Waals surface area contributed by atoms with Crippen molar-refractivity contribution in [3.63, 3.8) is 0 Å². The summed E-state index contributed by atoms with van der Waals surface area (Å²) < 4.78 is 37.2. The molecule has 0 radical (unpaired) electrons. The molecular weight excluding hydrogens is 199 g/mol. The minimum absolute atomic E-state index is 0.0935. The second kappa shape index (κ2) is 3.71. The van der Waals surface area contributed by atoms with Crippen LogP contribution in [0.1, 0.15) is 0 Å². The van der Waals surface area contributed by atoms with E-state index in [9.17, 15) is 13.2 Å². The molecule has 0 atom stereocenters. The van der Waals surface area contributed by atoms with E-state index in [4.69, 9.17) is 5.26 Å². The van der Waals surface area contributed by atoms with Gasteiger partial charge in [-0.25, -0.2) is 4.39 Å². The molecule has 0 heterocycles. The van der Waals surface area contributed by atoms with E-state index in [0.29, 0.717) is 0 Å². The Morgan fingerprint density at radius 2 is 1.77 bits per heavy atom. The standard InChI is InChI=1S/C8H4F3NS/c9-6-1-3-7(4-2-6)13-8(10,11)5-12/h1-4H. The van der Waals surface area contributed by atoms with E-state index in [2.05, 4.69) is 0 Å². The maximum Gasteiger partial charge on any atom is 0.384 e. The third kappa shape index (κ3) is 2.99. The van der Waals surface area contributed by atoms with Crippen LogP contribution in [0.3, 0.4) is 0 Å². The van der Waals surface area contributed by atoms with Crippen LogP contribution in [0.4, 0.5) is 13.2 Å². The van der Waals surface area contributed by atoms with Gasteiger partial charge in [0.15, 0.2) is 6.07 Å². The van der Waals surface area contributed by atoms with Crippen molar-refractivity contribution in [2.75, 3.05) is 0 Å². The molecule has 1 aromatic carbocycles. The van der Waals surface area contributed by atoms with Crippen LogP contribution >= 0.6 is 11.8 Å². The van der Waals surface area contributed by atoms with Crippen LogP contribution < -0.4 is 0 Å². The van der Waals surface area contributed by atoms with E-state index in [0.717, 1.165) is 18.2 Å². The van der Waals surface area contributed by atoms with Gasteiger partial charge in [0, 0.05) is 4.90 Å².